The summed E-state index contributed by atoms with van der Waals surface area (Å²) in [6.45, 7) is 6.28. The van der Waals surface area contributed by atoms with Gasteiger partial charge in [-0.25, -0.2) is 0 Å². The van der Waals surface area contributed by atoms with Gasteiger partial charge in [0.1, 0.15) is 0 Å². The van der Waals surface area contributed by atoms with Gasteiger partial charge in [-0.15, -0.1) is 0 Å². The summed E-state index contributed by atoms with van der Waals surface area (Å²) in [6.07, 6.45) is 4.92. The maximum atomic E-state index is 6.20. The van der Waals surface area contributed by atoms with Crippen LogP contribution in [0.3, 0.4) is 0 Å². The van der Waals surface area contributed by atoms with Gasteiger partial charge in [0.15, 0.2) is 5.82 Å². The lowest BCUT2D eigenvalue weighted by molar-refractivity contribution is 0.157. The molecule has 2 unspecified atom stereocenters. The number of hydrogen-bond acceptors (Lipinski definition) is 5. The molecule has 0 aliphatic carbocycles. The lowest BCUT2D eigenvalue weighted by Crippen LogP contribution is -2.39. The van der Waals surface area contributed by atoms with Gasteiger partial charge >= 0.3 is 0 Å². The van der Waals surface area contributed by atoms with Crippen molar-refractivity contribution in [3.05, 3.63) is 11.7 Å². The van der Waals surface area contributed by atoms with Crippen LogP contribution < -0.4 is 5.73 Å². The minimum absolute atomic E-state index is 0.0599. The molecule has 2 aliphatic rings. The van der Waals surface area contributed by atoms with Crippen molar-refractivity contribution in [3.8, 4) is 0 Å². The van der Waals surface area contributed by atoms with E-state index in [1.807, 2.05) is 0 Å². The standard InChI is InChI=1S/C15H26N4O/c1-15(2,3)12(16)14-17-13(18-20-14)9-7-10-5-6-11(8-9)19(10)4/h9-12H,5-8,16H2,1-4H3/t9?,10?,11?,12-/m0/s1. The average molecular weight is 278 g/mol. The van der Waals surface area contributed by atoms with Gasteiger partial charge in [-0.1, -0.05) is 25.9 Å². The first-order valence-electron chi connectivity index (χ1n) is 7.67. The van der Waals surface area contributed by atoms with Crippen molar-refractivity contribution >= 4 is 0 Å². The molecule has 20 heavy (non-hydrogen) atoms. The Balaban J connectivity index is 1.75. The predicted molar refractivity (Wildman–Crippen MR) is 77.2 cm³/mol. The molecule has 3 atom stereocenters. The molecule has 2 fully saturated rings. The van der Waals surface area contributed by atoms with E-state index >= 15 is 0 Å². The lowest BCUT2D eigenvalue weighted by Gasteiger charge is -2.34. The highest BCUT2D eigenvalue weighted by Crippen LogP contribution is 2.41. The summed E-state index contributed by atoms with van der Waals surface area (Å²) in [5.41, 5.74) is 6.14. The minimum atomic E-state index is -0.202. The summed E-state index contributed by atoms with van der Waals surface area (Å²) >= 11 is 0. The number of aromatic nitrogens is 2. The fourth-order valence-corrected chi connectivity index (χ4v) is 3.53. The fraction of sp³-hybridized carbons (Fsp3) is 0.867. The van der Waals surface area contributed by atoms with Crippen molar-refractivity contribution < 1.29 is 4.52 Å². The maximum absolute atomic E-state index is 6.20. The quantitative estimate of drug-likeness (QED) is 0.900. The van der Waals surface area contributed by atoms with Gasteiger partial charge < -0.3 is 15.2 Å². The molecule has 2 bridgehead atoms. The van der Waals surface area contributed by atoms with Crippen LogP contribution in [0.25, 0.3) is 0 Å². The van der Waals surface area contributed by atoms with Crippen LogP contribution in [0.1, 0.15) is 70.1 Å². The molecule has 3 heterocycles. The van der Waals surface area contributed by atoms with E-state index in [9.17, 15) is 0 Å². The molecule has 112 valence electrons. The second kappa shape index (κ2) is 4.81. The third kappa shape index (κ3) is 2.37. The van der Waals surface area contributed by atoms with Crippen LogP contribution >= 0.6 is 0 Å². The van der Waals surface area contributed by atoms with Crippen LogP contribution in [0.5, 0.6) is 0 Å². The summed E-state index contributed by atoms with van der Waals surface area (Å²) < 4.78 is 5.42. The summed E-state index contributed by atoms with van der Waals surface area (Å²) in [5.74, 6) is 1.89. The highest BCUT2D eigenvalue weighted by molar-refractivity contribution is 5.07. The molecule has 0 amide bonds. The van der Waals surface area contributed by atoms with Gasteiger partial charge in [0.25, 0.3) is 0 Å². The van der Waals surface area contributed by atoms with Gasteiger partial charge in [-0.3, -0.25) is 0 Å². The SMILES string of the molecule is CN1C2CCC1CC(c1noc([C@H](N)C(C)(C)C)n1)C2. The highest BCUT2D eigenvalue weighted by atomic mass is 16.5. The van der Waals surface area contributed by atoms with E-state index in [2.05, 4.69) is 42.9 Å². The lowest BCUT2D eigenvalue weighted by atomic mass is 9.87. The monoisotopic (exact) mass is 278 g/mol. The van der Waals surface area contributed by atoms with Crippen molar-refractivity contribution in [2.75, 3.05) is 7.05 Å². The van der Waals surface area contributed by atoms with Gasteiger partial charge in [0.2, 0.25) is 5.89 Å². The number of nitrogens with two attached hydrogens (primary N) is 1. The van der Waals surface area contributed by atoms with Crippen molar-refractivity contribution in [1.82, 2.24) is 15.0 Å². The zero-order chi connectivity index (χ0) is 14.5. The Morgan fingerprint density at radius 2 is 1.85 bits per heavy atom. The smallest absolute Gasteiger partial charge is 0.244 e. The first kappa shape index (κ1) is 14.0. The van der Waals surface area contributed by atoms with Gasteiger partial charge in [0.05, 0.1) is 6.04 Å². The summed E-state index contributed by atoms with van der Waals surface area (Å²) in [7, 11) is 2.25. The number of nitrogens with zero attached hydrogens (tertiary/aromatic N) is 3. The van der Waals surface area contributed by atoms with Crippen molar-refractivity contribution in [1.29, 1.82) is 0 Å². The van der Waals surface area contributed by atoms with Crippen LogP contribution in [0.4, 0.5) is 0 Å². The van der Waals surface area contributed by atoms with Crippen molar-refractivity contribution in [2.45, 2.75) is 70.5 Å². The van der Waals surface area contributed by atoms with Gasteiger partial charge in [0, 0.05) is 18.0 Å². The molecule has 0 aromatic carbocycles. The average Bonchev–Trinajstić information content (AvgIpc) is 2.91. The summed E-state index contributed by atoms with van der Waals surface area (Å²) in [6, 6.07) is 1.18. The van der Waals surface area contributed by atoms with Crippen LogP contribution in [0, 0.1) is 5.41 Å². The molecular formula is C15H26N4O. The molecule has 0 saturated carbocycles. The Morgan fingerprint density at radius 1 is 1.25 bits per heavy atom. The topological polar surface area (TPSA) is 68.2 Å². The van der Waals surface area contributed by atoms with E-state index in [0.717, 1.165) is 18.7 Å². The van der Waals surface area contributed by atoms with E-state index in [-0.39, 0.29) is 11.5 Å². The molecule has 5 nitrogen and oxygen atoms in total. The molecule has 1 aromatic heterocycles. The maximum Gasteiger partial charge on any atom is 0.244 e. The largest absolute Gasteiger partial charge is 0.338 e. The molecule has 2 N–H and O–H groups in total. The molecule has 2 aliphatic heterocycles. The van der Waals surface area contributed by atoms with E-state index in [1.165, 1.54) is 12.8 Å². The molecule has 0 spiro atoms. The first-order chi connectivity index (χ1) is 9.36. The number of piperidine rings is 1. The minimum Gasteiger partial charge on any atom is -0.338 e. The third-order valence-corrected chi connectivity index (χ3v) is 5.12. The molecule has 2 saturated heterocycles. The summed E-state index contributed by atoms with van der Waals surface area (Å²) in [4.78, 5) is 7.13. The zero-order valence-corrected chi connectivity index (χ0v) is 13.0. The molecule has 0 radical (unpaired) electrons. The van der Waals surface area contributed by atoms with E-state index in [1.54, 1.807) is 0 Å². The van der Waals surface area contributed by atoms with Crippen molar-refractivity contribution in [3.63, 3.8) is 0 Å². The van der Waals surface area contributed by atoms with Crippen LogP contribution in [-0.4, -0.2) is 34.2 Å². The normalized spacial score (nSPS) is 32.5. The Kier molecular flexibility index (Phi) is 3.37. The van der Waals surface area contributed by atoms with Crippen LogP contribution in [0.2, 0.25) is 0 Å². The summed E-state index contributed by atoms with van der Waals surface area (Å²) in [5, 5.41) is 4.21. The second-order valence-corrected chi connectivity index (χ2v) is 7.55. The second-order valence-electron chi connectivity index (χ2n) is 7.55. The number of hydrogen-bond donors (Lipinski definition) is 1. The zero-order valence-electron chi connectivity index (χ0n) is 13.0. The molecule has 1 aromatic rings. The van der Waals surface area contributed by atoms with Gasteiger partial charge in [-0.2, -0.15) is 4.98 Å². The molecule has 3 rings (SSSR count). The van der Waals surface area contributed by atoms with E-state index in [0.29, 0.717) is 23.9 Å². The Hall–Kier alpha value is -0.940. The Labute approximate surface area is 120 Å². The fourth-order valence-electron chi connectivity index (χ4n) is 3.53. The molecule has 5 heteroatoms. The van der Waals surface area contributed by atoms with E-state index in [4.69, 9.17) is 10.3 Å². The van der Waals surface area contributed by atoms with Crippen LogP contribution in [-0.2, 0) is 0 Å². The Bertz CT molecular complexity index is 464. The van der Waals surface area contributed by atoms with E-state index < -0.39 is 0 Å². The van der Waals surface area contributed by atoms with Gasteiger partial charge in [-0.05, 0) is 38.1 Å². The highest BCUT2D eigenvalue weighted by Gasteiger charge is 2.40. The molecular weight excluding hydrogens is 252 g/mol. The number of fused-ring (bicyclic) bond motifs is 2. The Morgan fingerprint density at radius 3 is 2.40 bits per heavy atom. The number of rotatable bonds is 2. The predicted octanol–water partition coefficient (Wildman–Crippen LogP) is 2.46. The third-order valence-electron chi connectivity index (χ3n) is 5.12. The van der Waals surface area contributed by atoms with Crippen LogP contribution in [0.15, 0.2) is 4.52 Å². The van der Waals surface area contributed by atoms with Crippen molar-refractivity contribution in [2.24, 2.45) is 11.1 Å². The first-order valence-corrected chi connectivity index (χ1v) is 7.67.